The van der Waals surface area contributed by atoms with E-state index in [9.17, 15) is 0 Å². The number of rotatable bonds is 2. The largest absolute Gasteiger partial charge is 0.352 e. The highest BCUT2D eigenvalue weighted by Gasteiger charge is 2.03. The van der Waals surface area contributed by atoms with Crippen LogP contribution in [0.15, 0.2) is 55.0 Å². The zero-order chi connectivity index (χ0) is 13.1. The van der Waals surface area contributed by atoms with Gasteiger partial charge >= 0.3 is 0 Å². The van der Waals surface area contributed by atoms with Crippen molar-refractivity contribution in [1.82, 2.24) is 9.97 Å². The number of anilines is 2. The molecule has 0 aliphatic rings. The fourth-order valence-corrected chi connectivity index (χ4v) is 1.89. The normalized spacial score (nSPS) is 10.1. The van der Waals surface area contributed by atoms with Crippen LogP contribution in [0.3, 0.4) is 0 Å². The fraction of sp³-hybridized carbons (Fsp3) is 0. The van der Waals surface area contributed by atoms with E-state index in [1.807, 2.05) is 30.3 Å². The maximum absolute atomic E-state index is 9.03. The van der Waals surface area contributed by atoms with Crippen LogP contribution in [-0.4, -0.2) is 9.97 Å². The van der Waals surface area contributed by atoms with E-state index in [-0.39, 0.29) is 0 Å². The zero-order valence-electron chi connectivity index (χ0n) is 10.0. The third-order valence-electron chi connectivity index (χ3n) is 2.81. The van der Waals surface area contributed by atoms with Crippen molar-refractivity contribution in [3.8, 4) is 6.07 Å². The third kappa shape index (κ3) is 2.22. The Morgan fingerprint density at radius 1 is 1.11 bits per heavy atom. The minimum Gasteiger partial charge on any atom is -0.352 e. The monoisotopic (exact) mass is 246 g/mol. The molecule has 4 heteroatoms. The Labute approximate surface area is 110 Å². The van der Waals surface area contributed by atoms with Crippen molar-refractivity contribution >= 4 is 22.3 Å². The summed E-state index contributed by atoms with van der Waals surface area (Å²) < 4.78 is 0. The molecule has 0 saturated carbocycles. The molecule has 0 aliphatic carbocycles. The fourth-order valence-electron chi connectivity index (χ4n) is 1.89. The summed E-state index contributed by atoms with van der Waals surface area (Å²) in [5.74, 6) is 0. The molecule has 2 aromatic heterocycles. The molecule has 4 nitrogen and oxygen atoms in total. The van der Waals surface area contributed by atoms with Crippen LogP contribution in [0, 0.1) is 11.3 Å². The topological polar surface area (TPSA) is 61.6 Å². The highest BCUT2D eigenvalue weighted by molar-refractivity contribution is 5.82. The molecular weight excluding hydrogens is 236 g/mol. The quantitative estimate of drug-likeness (QED) is 0.754. The van der Waals surface area contributed by atoms with E-state index in [0.717, 1.165) is 16.6 Å². The number of hydrogen-bond donors (Lipinski definition) is 1. The highest BCUT2D eigenvalue weighted by Crippen LogP contribution is 2.21. The maximum atomic E-state index is 9.03. The molecule has 0 radical (unpaired) electrons. The molecule has 0 saturated heterocycles. The Morgan fingerprint density at radius 3 is 2.89 bits per heavy atom. The molecule has 3 rings (SSSR count). The summed E-state index contributed by atoms with van der Waals surface area (Å²) in [6.45, 7) is 0. The van der Waals surface area contributed by atoms with Crippen molar-refractivity contribution in [2.45, 2.75) is 0 Å². The van der Waals surface area contributed by atoms with Gasteiger partial charge in [0.05, 0.1) is 34.8 Å². The van der Waals surface area contributed by atoms with Crippen LogP contribution in [0.1, 0.15) is 5.56 Å². The highest BCUT2D eigenvalue weighted by atomic mass is 14.9. The van der Waals surface area contributed by atoms with Crippen molar-refractivity contribution in [2.24, 2.45) is 0 Å². The van der Waals surface area contributed by atoms with Crippen molar-refractivity contribution in [3.05, 3.63) is 60.6 Å². The second kappa shape index (κ2) is 4.75. The van der Waals surface area contributed by atoms with Gasteiger partial charge in [-0.3, -0.25) is 9.97 Å². The lowest BCUT2D eigenvalue weighted by molar-refractivity contribution is 1.30. The summed E-state index contributed by atoms with van der Waals surface area (Å²) in [5, 5.41) is 13.3. The molecule has 19 heavy (non-hydrogen) atoms. The summed E-state index contributed by atoms with van der Waals surface area (Å²) in [6, 6.07) is 13.7. The molecule has 90 valence electrons. The van der Waals surface area contributed by atoms with Crippen LogP contribution in [-0.2, 0) is 0 Å². The molecule has 3 aromatic rings. The summed E-state index contributed by atoms with van der Waals surface area (Å²) in [7, 11) is 0. The lowest BCUT2D eigenvalue weighted by Crippen LogP contribution is -1.95. The minimum absolute atomic E-state index is 0.558. The van der Waals surface area contributed by atoms with E-state index < -0.39 is 0 Å². The number of pyridine rings is 2. The third-order valence-corrected chi connectivity index (χ3v) is 2.81. The number of nitriles is 1. The smallest absolute Gasteiger partial charge is 0.101 e. The lowest BCUT2D eigenvalue weighted by Gasteiger charge is -2.07. The van der Waals surface area contributed by atoms with Gasteiger partial charge in [0.15, 0.2) is 0 Å². The van der Waals surface area contributed by atoms with Crippen molar-refractivity contribution in [3.63, 3.8) is 0 Å². The average molecular weight is 246 g/mol. The number of fused-ring (bicyclic) bond motifs is 1. The molecule has 1 N–H and O–H groups in total. The summed E-state index contributed by atoms with van der Waals surface area (Å²) in [6.07, 6.45) is 4.98. The predicted molar refractivity (Wildman–Crippen MR) is 74.0 cm³/mol. The average Bonchev–Trinajstić information content (AvgIpc) is 2.48. The van der Waals surface area contributed by atoms with Gasteiger partial charge in [-0.25, -0.2) is 0 Å². The molecule has 0 aliphatic heterocycles. The second-order valence-corrected chi connectivity index (χ2v) is 4.07. The Hall–Kier alpha value is -2.93. The SMILES string of the molecule is N#Cc1ccncc1Nc1cnc2ccccc2c1. The van der Waals surface area contributed by atoms with Gasteiger partial charge in [0.25, 0.3) is 0 Å². The lowest BCUT2D eigenvalue weighted by atomic mass is 10.2. The van der Waals surface area contributed by atoms with Gasteiger partial charge in [0.2, 0.25) is 0 Å². The van der Waals surface area contributed by atoms with Crippen molar-refractivity contribution in [2.75, 3.05) is 5.32 Å². The van der Waals surface area contributed by atoms with Crippen LogP contribution in [0.4, 0.5) is 11.4 Å². The molecule has 1 aromatic carbocycles. The predicted octanol–water partition coefficient (Wildman–Crippen LogP) is 3.25. The van der Waals surface area contributed by atoms with Gasteiger partial charge < -0.3 is 5.32 Å². The molecule has 0 spiro atoms. The molecule has 0 atom stereocenters. The summed E-state index contributed by atoms with van der Waals surface area (Å²) in [5.41, 5.74) is 3.02. The Kier molecular flexibility index (Phi) is 2.79. The summed E-state index contributed by atoms with van der Waals surface area (Å²) >= 11 is 0. The van der Waals surface area contributed by atoms with E-state index in [4.69, 9.17) is 5.26 Å². The minimum atomic E-state index is 0.558. The molecule has 0 unspecified atom stereocenters. The number of nitrogens with zero attached hydrogens (tertiary/aromatic N) is 3. The first-order chi connectivity index (χ1) is 9.36. The van der Waals surface area contributed by atoms with Gasteiger partial charge in [0, 0.05) is 11.6 Å². The first kappa shape index (κ1) is 11.2. The van der Waals surface area contributed by atoms with Crippen LogP contribution >= 0.6 is 0 Å². The van der Waals surface area contributed by atoms with Gasteiger partial charge in [-0.05, 0) is 18.2 Å². The van der Waals surface area contributed by atoms with E-state index in [0.29, 0.717) is 11.3 Å². The van der Waals surface area contributed by atoms with Crippen LogP contribution < -0.4 is 5.32 Å². The first-order valence-electron chi connectivity index (χ1n) is 5.83. The van der Waals surface area contributed by atoms with Gasteiger partial charge in [-0.15, -0.1) is 0 Å². The Balaban J connectivity index is 1.99. The Bertz CT molecular complexity index is 774. The van der Waals surface area contributed by atoms with E-state index in [2.05, 4.69) is 21.4 Å². The summed E-state index contributed by atoms with van der Waals surface area (Å²) in [4.78, 5) is 8.38. The van der Waals surface area contributed by atoms with E-state index in [1.165, 1.54) is 0 Å². The van der Waals surface area contributed by atoms with Crippen molar-refractivity contribution in [1.29, 1.82) is 5.26 Å². The van der Waals surface area contributed by atoms with E-state index in [1.54, 1.807) is 24.7 Å². The molecular formula is C15H10N4. The molecule has 0 fully saturated rings. The van der Waals surface area contributed by atoms with Gasteiger partial charge in [-0.1, -0.05) is 18.2 Å². The van der Waals surface area contributed by atoms with Gasteiger partial charge in [0.1, 0.15) is 6.07 Å². The number of aromatic nitrogens is 2. The molecule has 0 bridgehead atoms. The van der Waals surface area contributed by atoms with Gasteiger partial charge in [-0.2, -0.15) is 5.26 Å². The maximum Gasteiger partial charge on any atom is 0.101 e. The van der Waals surface area contributed by atoms with E-state index >= 15 is 0 Å². The van der Waals surface area contributed by atoms with Crippen LogP contribution in [0.5, 0.6) is 0 Å². The van der Waals surface area contributed by atoms with Crippen LogP contribution in [0.25, 0.3) is 10.9 Å². The number of nitrogens with one attached hydrogen (secondary N) is 1. The van der Waals surface area contributed by atoms with Crippen LogP contribution in [0.2, 0.25) is 0 Å². The number of para-hydroxylation sites is 1. The van der Waals surface area contributed by atoms with Crippen molar-refractivity contribution < 1.29 is 0 Å². The zero-order valence-corrected chi connectivity index (χ0v) is 10.0. The standard InChI is InChI=1S/C15H10N4/c16-8-12-5-6-17-10-15(12)19-13-7-11-3-1-2-4-14(11)18-9-13/h1-7,9-10,19H. The number of hydrogen-bond acceptors (Lipinski definition) is 4. The Morgan fingerprint density at radius 2 is 2.00 bits per heavy atom. The first-order valence-corrected chi connectivity index (χ1v) is 5.83. The molecule has 0 amide bonds. The second-order valence-electron chi connectivity index (χ2n) is 4.07. The number of benzene rings is 1. The molecule has 2 heterocycles.